The van der Waals surface area contributed by atoms with Crippen LogP contribution in [-0.2, 0) is 24.3 Å². The quantitative estimate of drug-likeness (QED) is 0.239. The molecule has 0 saturated carbocycles. The highest BCUT2D eigenvalue weighted by Gasteiger charge is 2.36. The van der Waals surface area contributed by atoms with Gasteiger partial charge >= 0.3 is 12.1 Å². The number of benzene rings is 3. The first-order chi connectivity index (χ1) is 23.1. The van der Waals surface area contributed by atoms with Crippen LogP contribution in [0.2, 0.25) is 0 Å². The van der Waals surface area contributed by atoms with E-state index in [1.54, 1.807) is 4.90 Å². The molecule has 3 aromatic carbocycles. The van der Waals surface area contributed by atoms with E-state index in [9.17, 15) is 4.79 Å². The van der Waals surface area contributed by atoms with Gasteiger partial charge in [-0.05, 0) is 49.9 Å². The predicted octanol–water partition coefficient (Wildman–Crippen LogP) is 5.41. The van der Waals surface area contributed by atoms with E-state index in [4.69, 9.17) is 26.0 Å². The SMILES string of the molecule is [C-]#[N+]CC1CN(C(=O)OCc2ccccc2)CCN1c1nc(OC[C@@H]2CCCN2C)nc2c1CCN(c1cccc3ccccc13)C2. The Balaban J connectivity index is 1.16. The molecule has 0 spiro atoms. The molecule has 3 aliphatic rings. The second-order valence-corrected chi connectivity index (χ2v) is 12.7. The summed E-state index contributed by atoms with van der Waals surface area (Å²) in [5, 5.41) is 2.44. The predicted molar refractivity (Wildman–Crippen MR) is 183 cm³/mol. The number of aromatic nitrogens is 2. The molecule has 1 unspecified atom stereocenters. The van der Waals surface area contributed by atoms with Gasteiger partial charge in [0.15, 0.2) is 0 Å². The van der Waals surface area contributed by atoms with Crippen LogP contribution in [0, 0.1) is 6.57 Å². The molecule has 0 bridgehead atoms. The highest BCUT2D eigenvalue weighted by Crippen LogP contribution is 2.35. The largest absolute Gasteiger partial charge is 0.462 e. The molecule has 0 N–H and O–H groups in total. The Morgan fingerprint density at radius 1 is 0.957 bits per heavy atom. The van der Waals surface area contributed by atoms with Crippen molar-refractivity contribution in [3.63, 3.8) is 0 Å². The van der Waals surface area contributed by atoms with Gasteiger partial charge in [-0.25, -0.2) is 11.4 Å². The van der Waals surface area contributed by atoms with Crippen LogP contribution >= 0.6 is 0 Å². The molecule has 2 atom stereocenters. The molecule has 1 aromatic heterocycles. The van der Waals surface area contributed by atoms with Gasteiger partial charge in [-0.1, -0.05) is 66.7 Å². The van der Waals surface area contributed by atoms with E-state index in [0.717, 1.165) is 55.0 Å². The number of fused-ring (bicyclic) bond motifs is 2. The van der Waals surface area contributed by atoms with Gasteiger partial charge in [-0.15, -0.1) is 0 Å². The summed E-state index contributed by atoms with van der Waals surface area (Å²) in [5.74, 6) is 0.827. The number of hydrogen-bond donors (Lipinski definition) is 0. The summed E-state index contributed by atoms with van der Waals surface area (Å²) in [4.78, 5) is 35.6. The van der Waals surface area contributed by atoms with Gasteiger partial charge in [0.05, 0.1) is 18.8 Å². The van der Waals surface area contributed by atoms with Crippen LogP contribution in [-0.4, -0.2) is 90.9 Å². The Morgan fingerprint density at radius 2 is 1.79 bits per heavy atom. The third-order valence-corrected chi connectivity index (χ3v) is 9.73. The number of amides is 1. The van der Waals surface area contributed by atoms with Crippen LogP contribution in [0.4, 0.5) is 16.3 Å². The third kappa shape index (κ3) is 6.67. The number of carbonyl (C=O) groups is 1. The second-order valence-electron chi connectivity index (χ2n) is 12.7. The van der Waals surface area contributed by atoms with Crippen molar-refractivity contribution in [1.29, 1.82) is 0 Å². The van der Waals surface area contributed by atoms with Crippen LogP contribution in [0.3, 0.4) is 0 Å². The van der Waals surface area contributed by atoms with Crippen LogP contribution in [0.1, 0.15) is 29.7 Å². The average Bonchev–Trinajstić information content (AvgIpc) is 3.53. The van der Waals surface area contributed by atoms with Gasteiger partial charge in [-0.2, -0.15) is 9.97 Å². The van der Waals surface area contributed by atoms with Crippen LogP contribution < -0.4 is 14.5 Å². The van der Waals surface area contributed by atoms with Crippen molar-refractivity contribution < 1.29 is 14.3 Å². The fourth-order valence-corrected chi connectivity index (χ4v) is 7.11. The molecule has 10 nitrogen and oxygen atoms in total. The zero-order valence-electron chi connectivity index (χ0n) is 26.9. The zero-order valence-corrected chi connectivity index (χ0v) is 26.9. The summed E-state index contributed by atoms with van der Waals surface area (Å²) in [6.07, 6.45) is 2.67. The molecule has 0 aliphatic carbocycles. The molecular weight excluding hydrogens is 590 g/mol. The fraction of sp³-hybridized carbons (Fsp3) is 0.405. The maximum Gasteiger partial charge on any atom is 0.410 e. The first-order valence-corrected chi connectivity index (χ1v) is 16.6. The number of ether oxygens (including phenoxy) is 2. The van der Waals surface area contributed by atoms with E-state index < -0.39 is 0 Å². The zero-order chi connectivity index (χ0) is 32.2. The molecule has 10 heteroatoms. The first-order valence-electron chi connectivity index (χ1n) is 16.6. The third-order valence-electron chi connectivity index (χ3n) is 9.73. The van der Waals surface area contributed by atoms with E-state index in [0.29, 0.717) is 44.8 Å². The van der Waals surface area contributed by atoms with Gasteiger partial charge in [0.25, 0.3) is 0 Å². The molecule has 0 radical (unpaired) electrons. The minimum Gasteiger partial charge on any atom is -0.462 e. The Labute approximate surface area is 276 Å². The molecule has 2 fully saturated rings. The molecule has 1 amide bonds. The number of nitrogens with zero attached hydrogens (tertiary/aromatic N) is 7. The lowest BCUT2D eigenvalue weighted by Gasteiger charge is -2.41. The number of hydrogen-bond acceptors (Lipinski definition) is 8. The van der Waals surface area contributed by atoms with Crippen LogP contribution in [0.5, 0.6) is 6.01 Å². The highest BCUT2D eigenvalue weighted by atomic mass is 16.6. The maximum absolute atomic E-state index is 13.1. The van der Waals surface area contributed by atoms with Crippen LogP contribution in [0.25, 0.3) is 15.6 Å². The second kappa shape index (κ2) is 13.9. The maximum atomic E-state index is 13.1. The average molecular weight is 632 g/mol. The number of likely N-dealkylation sites (tertiary alicyclic amines) is 1. The highest BCUT2D eigenvalue weighted by molar-refractivity contribution is 5.94. The summed E-state index contributed by atoms with van der Waals surface area (Å²) < 4.78 is 12.0. The molecule has 4 aromatic rings. The molecular formula is C37H41N7O3. The van der Waals surface area contributed by atoms with Crippen molar-refractivity contribution in [3.05, 3.63) is 101 Å². The van der Waals surface area contributed by atoms with Crippen LogP contribution in [0.15, 0.2) is 72.8 Å². The number of anilines is 2. The Morgan fingerprint density at radius 3 is 2.62 bits per heavy atom. The molecule has 2 saturated heterocycles. The summed E-state index contributed by atoms with van der Waals surface area (Å²) in [7, 11) is 2.14. The van der Waals surface area contributed by atoms with Crippen molar-refractivity contribution in [2.75, 3.05) is 62.7 Å². The number of rotatable bonds is 8. The Kier molecular flexibility index (Phi) is 9.07. The van der Waals surface area contributed by atoms with Crippen molar-refractivity contribution in [2.24, 2.45) is 0 Å². The minimum atomic E-state index is -0.358. The lowest BCUT2D eigenvalue weighted by molar-refractivity contribution is 0.0896. The molecule has 7 rings (SSSR count). The topological polar surface area (TPSA) is 78.6 Å². The molecule has 47 heavy (non-hydrogen) atoms. The summed E-state index contributed by atoms with van der Waals surface area (Å²) in [6, 6.07) is 25.1. The van der Waals surface area contributed by atoms with Crippen molar-refractivity contribution in [1.82, 2.24) is 19.8 Å². The van der Waals surface area contributed by atoms with Crippen molar-refractivity contribution >= 4 is 28.4 Å². The van der Waals surface area contributed by atoms with E-state index >= 15 is 0 Å². The van der Waals surface area contributed by atoms with E-state index in [1.165, 1.54) is 16.5 Å². The number of carbonyl (C=O) groups excluding carboxylic acids is 1. The lowest BCUT2D eigenvalue weighted by Crippen LogP contribution is -2.56. The Bertz CT molecular complexity index is 1760. The van der Waals surface area contributed by atoms with E-state index in [1.807, 2.05) is 30.3 Å². The smallest absolute Gasteiger partial charge is 0.410 e. The standard InChI is InChI=1S/C37H41N7O3/c1-38-22-30-23-43(37(45)47-25-27-10-4-3-5-11-27)20-21-44(30)35-32-17-19-42(34-16-8-13-28-12-6-7-15-31(28)34)24-33(32)39-36(40-35)46-26-29-14-9-18-41(29)2/h3-8,10-13,15-16,29-30H,9,14,17-26H2,2H3/t29-,30?/m0/s1. The van der Waals surface area contributed by atoms with E-state index in [2.05, 4.69) is 69.1 Å². The lowest BCUT2D eigenvalue weighted by atomic mass is 10.0. The summed E-state index contributed by atoms with van der Waals surface area (Å²) >= 11 is 0. The number of likely N-dealkylation sites (N-methyl/N-ethyl adjacent to an activating group) is 1. The van der Waals surface area contributed by atoms with Gasteiger partial charge in [0.2, 0.25) is 6.54 Å². The Hall–Kier alpha value is -4.88. The summed E-state index contributed by atoms with van der Waals surface area (Å²) in [6.45, 7) is 12.7. The number of piperazine rings is 1. The fourth-order valence-electron chi connectivity index (χ4n) is 7.11. The van der Waals surface area contributed by atoms with E-state index in [-0.39, 0.29) is 25.3 Å². The molecule has 3 aliphatic heterocycles. The first kappa shape index (κ1) is 30.8. The monoisotopic (exact) mass is 631 g/mol. The van der Waals surface area contributed by atoms with Crippen molar-refractivity contribution in [2.45, 2.75) is 44.5 Å². The molecule has 4 heterocycles. The van der Waals surface area contributed by atoms with Gasteiger partial charge in [0.1, 0.15) is 25.1 Å². The molecule has 242 valence electrons. The minimum absolute atomic E-state index is 0.219. The van der Waals surface area contributed by atoms with Crippen molar-refractivity contribution in [3.8, 4) is 6.01 Å². The van der Waals surface area contributed by atoms with Gasteiger partial charge in [0, 0.05) is 42.3 Å². The summed E-state index contributed by atoms with van der Waals surface area (Å²) in [5.41, 5.74) is 4.19. The van der Waals surface area contributed by atoms with Gasteiger partial charge < -0.3 is 33.9 Å². The normalized spacial score (nSPS) is 19.8. The van der Waals surface area contributed by atoms with Gasteiger partial charge in [-0.3, -0.25) is 0 Å².